The van der Waals surface area contributed by atoms with Gasteiger partial charge in [0.05, 0.1) is 6.10 Å². The highest BCUT2D eigenvalue weighted by Gasteiger charge is 2.29. The second-order valence-corrected chi connectivity index (χ2v) is 5.65. The van der Waals surface area contributed by atoms with E-state index in [1.54, 1.807) is 0 Å². The van der Waals surface area contributed by atoms with Crippen LogP contribution in [0.15, 0.2) is 0 Å². The van der Waals surface area contributed by atoms with Crippen LogP contribution in [0.1, 0.15) is 19.3 Å². The van der Waals surface area contributed by atoms with Gasteiger partial charge in [0, 0.05) is 62.2 Å². The van der Waals surface area contributed by atoms with Crippen molar-refractivity contribution in [3.05, 3.63) is 0 Å². The van der Waals surface area contributed by atoms with E-state index in [9.17, 15) is 0 Å². The molecule has 0 spiro atoms. The molecule has 2 heterocycles. The molecule has 0 unspecified atom stereocenters. The van der Waals surface area contributed by atoms with E-state index in [1.807, 2.05) is 7.11 Å². The third-order valence-corrected chi connectivity index (χ3v) is 4.40. The first-order valence-electron chi connectivity index (χ1n) is 5.47. The molecule has 14 heavy (non-hydrogen) atoms. The maximum absolute atomic E-state index is 5.40. The first kappa shape index (κ1) is 11.1. The van der Waals surface area contributed by atoms with E-state index >= 15 is 0 Å². The van der Waals surface area contributed by atoms with E-state index in [1.165, 1.54) is 38.9 Å². The van der Waals surface area contributed by atoms with Crippen molar-refractivity contribution in [2.75, 3.05) is 33.3 Å². The highest BCUT2D eigenvalue weighted by molar-refractivity contribution is 14.1. The molecule has 82 valence electrons. The number of halogens is 1. The Kier molecular flexibility index (Phi) is 4.04. The smallest absolute Gasteiger partial charge is 0.0710 e. The Morgan fingerprint density at radius 2 is 1.86 bits per heavy atom. The van der Waals surface area contributed by atoms with Gasteiger partial charge in [-0.25, -0.2) is 3.11 Å². The number of hydrogen-bond acceptors (Lipinski definition) is 3. The number of piperidine rings is 1. The van der Waals surface area contributed by atoms with E-state index in [0.29, 0.717) is 6.10 Å². The van der Waals surface area contributed by atoms with Gasteiger partial charge in [0.2, 0.25) is 0 Å². The third kappa shape index (κ3) is 2.59. The van der Waals surface area contributed by atoms with Crippen molar-refractivity contribution in [2.24, 2.45) is 0 Å². The standard InChI is InChI=1S/C10H19IN2O/c1-14-10-4-5-12(8-10)9-2-6-13(11)7-3-9/h9-10H,2-8H2,1H3/t10-/m0/s1. The van der Waals surface area contributed by atoms with Crippen molar-refractivity contribution in [3.8, 4) is 0 Å². The minimum absolute atomic E-state index is 0.493. The molecule has 0 amide bonds. The fourth-order valence-electron chi connectivity index (χ4n) is 2.48. The summed E-state index contributed by atoms with van der Waals surface area (Å²) < 4.78 is 7.80. The maximum atomic E-state index is 5.40. The summed E-state index contributed by atoms with van der Waals surface area (Å²) in [5.41, 5.74) is 0. The highest BCUT2D eigenvalue weighted by atomic mass is 127. The van der Waals surface area contributed by atoms with Crippen LogP contribution in [0, 0.1) is 0 Å². The molecule has 2 aliphatic rings. The van der Waals surface area contributed by atoms with Gasteiger partial charge in [-0.05, 0) is 19.3 Å². The van der Waals surface area contributed by atoms with E-state index in [-0.39, 0.29) is 0 Å². The Hall–Kier alpha value is 0.610. The molecular formula is C10H19IN2O. The summed E-state index contributed by atoms with van der Waals surface area (Å²) in [6, 6.07) is 0.821. The summed E-state index contributed by atoms with van der Waals surface area (Å²) in [7, 11) is 1.83. The topological polar surface area (TPSA) is 15.7 Å². The molecule has 0 aliphatic carbocycles. The first-order chi connectivity index (χ1) is 6.79. The second-order valence-electron chi connectivity index (χ2n) is 4.28. The van der Waals surface area contributed by atoms with Crippen LogP contribution in [0.25, 0.3) is 0 Å². The lowest BCUT2D eigenvalue weighted by Gasteiger charge is -2.34. The molecule has 0 N–H and O–H groups in total. The summed E-state index contributed by atoms with van der Waals surface area (Å²) in [6.45, 7) is 4.89. The van der Waals surface area contributed by atoms with Gasteiger partial charge in [-0.2, -0.15) is 0 Å². The summed E-state index contributed by atoms with van der Waals surface area (Å²) in [4.78, 5) is 2.62. The SMILES string of the molecule is CO[C@H]1CCN(C2CCN(I)CC2)C1. The Balaban J connectivity index is 1.79. The van der Waals surface area contributed by atoms with Gasteiger partial charge < -0.3 is 4.74 Å². The van der Waals surface area contributed by atoms with Crippen molar-refractivity contribution < 1.29 is 4.74 Å². The van der Waals surface area contributed by atoms with Gasteiger partial charge in [-0.3, -0.25) is 4.90 Å². The number of hydrogen-bond donors (Lipinski definition) is 0. The zero-order valence-corrected chi connectivity index (χ0v) is 10.9. The molecule has 2 fully saturated rings. The molecule has 2 aliphatic heterocycles. The summed E-state index contributed by atoms with van der Waals surface area (Å²) >= 11 is 2.43. The van der Waals surface area contributed by atoms with Crippen molar-refractivity contribution in [2.45, 2.75) is 31.4 Å². The minimum atomic E-state index is 0.493. The summed E-state index contributed by atoms with van der Waals surface area (Å²) in [6.07, 6.45) is 4.38. The van der Waals surface area contributed by atoms with E-state index in [2.05, 4.69) is 30.9 Å². The molecule has 0 aromatic carbocycles. The number of likely N-dealkylation sites (tertiary alicyclic amines) is 1. The Morgan fingerprint density at radius 1 is 1.14 bits per heavy atom. The second kappa shape index (κ2) is 5.09. The van der Waals surface area contributed by atoms with Gasteiger partial charge in [-0.1, -0.05) is 0 Å². The van der Waals surface area contributed by atoms with Crippen LogP contribution in [-0.4, -0.2) is 53.4 Å². The number of methoxy groups -OCH3 is 1. The van der Waals surface area contributed by atoms with Gasteiger partial charge in [-0.15, -0.1) is 0 Å². The zero-order chi connectivity index (χ0) is 9.97. The summed E-state index contributed by atoms with van der Waals surface area (Å²) in [5, 5.41) is 0. The fraction of sp³-hybridized carbons (Fsp3) is 1.00. The molecule has 3 nitrogen and oxygen atoms in total. The highest BCUT2D eigenvalue weighted by Crippen LogP contribution is 2.23. The predicted molar refractivity (Wildman–Crippen MR) is 65.6 cm³/mol. The lowest BCUT2D eigenvalue weighted by molar-refractivity contribution is 0.0939. The quantitative estimate of drug-likeness (QED) is 0.568. The molecule has 0 saturated carbocycles. The third-order valence-electron chi connectivity index (χ3n) is 3.44. The predicted octanol–water partition coefficient (Wildman–Crippen LogP) is 1.52. The van der Waals surface area contributed by atoms with Crippen LogP contribution in [-0.2, 0) is 4.74 Å². The van der Waals surface area contributed by atoms with Crippen LogP contribution in [0.3, 0.4) is 0 Å². The molecule has 4 heteroatoms. The van der Waals surface area contributed by atoms with Crippen LogP contribution in [0.2, 0.25) is 0 Å². The van der Waals surface area contributed by atoms with E-state index in [4.69, 9.17) is 4.74 Å². The Morgan fingerprint density at radius 3 is 2.43 bits per heavy atom. The van der Waals surface area contributed by atoms with Gasteiger partial charge in [0.25, 0.3) is 0 Å². The van der Waals surface area contributed by atoms with Gasteiger partial charge in [0.15, 0.2) is 0 Å². The van der Waals surface area contributed by atoms with Crippen LogP contribution in [0.4, 0.5) is 0 Å². The average Bonchev–Trinajstić information content (AvgIpc) is 2.67. The van der Waals surface area contributed by atoms with Gasteiger partial charge in [0.1, 0.15) is 0 Å². The van der Waals surface area contributed by atoms with E-state index < -0.39 is 0 Å². The fourth-order valence-corrected chi connectivity index (χ4v) is 3.03. The van der Waals surface area contributed by atoms with Crippen molar-refractivity contribution in [1.29, 1.82) is 0 Å². The molecule has 0 bridgehead atoms. The Bertz CT molecular complexity index is 183. The first-order valence-corrected chi connectivity index (χ1v) is 6.43. The number of rotatable bonds is 2. The lowest BCUT2D eigenvalue weighted by atomic mass is 10.1. The minimum Gasteiger partial charge on any atom is -0.380 e. The molecule has 2 rings (SSSR count). The number of nitrogens with zero attached hydrogens (tertiary/aromatic N) is 2. The molecule has 0 radical (unpaired) electrons. The van der Waals surface area contributed by atoms with Crippen LogP contribution >= 0.6 is 22.9 Å². The molecular weight excluding hydrogens is 291 g/mol. The normalized spacial score (nSPS) is 32.6. The monoisotopic (exact) mass is 310 g/mol. The molecule has 1 atom stereocenters. The van der Waals surface area contributed by atoms with Gasteiger partial charge >= 0.3 is 0 Å². The van der Waals surface area contributed by atoms with Crippen LogP contribution in [0.5, 0.6) is 0 Å². The largest absolute Gasteiger partial charge is 0.380 e. The molecule has 0 aromatic heterocycles. The average molecular weight is 310 g/mol. The van der Waals surface area contributed by atoms with Crippen LogP contribution < -0.4 is 0 Å². The maximum Gasteiger partial charge on any atom is 0.0710 e. The van der Waals surface area contributed by atoms with Crippen molar-refractivity contribution in [3.63, 3.8) is 0 Å². The molecule has 2 saturated heterocycles. The number of ether oxygens (including phenoxy) is 1. The summed E-state index contributed by atoms with van der Waals surface area (Å²) in [5.74, 6) is 0. The van der Waals surface area contributed by atoms with Crippen molar-refractivity contribution >= 4 is 22.9 Å². The van der Waals surface area contributed by atoms with Crippen molar-refractivity contribution in [1.82, 2.24) is 8.01 Å². The lowest BCUT2D eigenvalue weighted by Crippen LogP contribution is -2.41. The Labute approximate surface area is 100 Å². The zero-order valence-electron chi connectivity index (χ0n) is 8.79. The molecule has 0 aromatic rings. The van der Waals surface area contributed by atoms with E-state index in [0.717, 1.165) is 12.6 Å².